The lowest BCUT2D eigenvalue weighted by Crippen LogP contribution is -2.28. The molecule has 1 aromatic heterocycles. The molecule has 2 N–H and O–H groups in total. The summed E-state index contributed by atoms with van der Waals surface area (Å²) in [5.74, 6) is -0.385. The Hall–Kier alpha value is -1.41. The van der Waals surface area contributed by atoms with Gasteiger partial charge < -0.3 is 4.90 Å². The summed E-state index contributed by atoms with van der Waals surface area (Å²) < 4.78 is 23.8. The smallest absolute Gasteiger partial charge is 0.223 e. The van der Waals surface area contributed by atoms with Crippen molar-refractivity contribution in [2.45, 2.75) is 19.9 Å². The molecule has 2 heterocycles. The molecule has 1 amide bonds. The van der Waals surface area contributed by atoms with Crippen LogP contribution in [0.4, 0.5) is 0 Å². The quantitative estimate of drug-likeness (QED) is 0.796. The van der Waals surface area contributed by atoms with Crippen molar-refractivity contribution < 1.29 is 13.2 Å². The second-order valence-corrected chi connectivity index (χ2v) is 6.73. The Balaban J connectivity index is 2.03. The van der Waals surface area contributed by atoms with Crippen LogP contribution < -0.4 is 5.14 Å². The normalized spacial score (nSPS) is 20.3. The van der Waals surface area contributed by atoms with Crippen LogP contribution in [0, 0.1) is 12.8 Å². The number of hydrogen-bond acceptors (Lipinski definition) is 4. The number of primary sulfonamides is 1. The Kier molecular flexibility index (Phi) is 3.64. The number of nitrogens with two attached hydrogens (primary N) is 1. The maximum absolute atomic E-state index is 11.9. The number of carbonyl (C=O) groups excluding carboxylic acids is 1. The molecule has 1 aliphatic rings. The zero-order chi connectivity index (χ0) is 14.2. The lowest BCUT2D eigenvalue weighted by Gasteiger charge is -2.16. The molecule has 1 aliphatic heterocycles. The number of aryl methyl sites for hydroxylation is 2. The van der Waals surface area contributed by atoms with Gasteiger partial charge in [-0.3, -0.25) is 9.48 Å². The molecule has 0 saturated carbocycles. The fourth-order valence-corrected chi connectivity index (χ4v) is 3.34. The lowest BCUT2D eigenvalue weighted by atomic mass is 10.1. The number of nitrogens with zero attached hydrogens (tertiary/aromatic N) is 3. The van der Waals surface area contributed by atoms with Crippen LogP contribution in [0.5, 0.6) is 0 Å². The first kappa shape index (κ1) is 14.0. The van der Waals surface area contributed by atoms with Gasteiger partial charge in [0.1, 0.15) is 0 Å². The van der Waals surface area contributed by atoms with Gasteiger partial charge in [-0.1, -0.05) is 0 Å². The average Bonchev–Trinajstić information content (AvgIpc) is 2.69. The summed E-state index contributed by atoms with van der Waals surface area (Å²) in [6, 6.07) is 1.92. The molecule has 1 unspecified atom stereocenters. The highest BCUT2D eigenvalue weighted by Gasteiger charge is 2.32. The highest BCUT2D eigenvalue weighted by molar-refractivity contribution is 7.89. The largest absolute Gasteiger partial charge is 0.336 e. The molecule has 8 heteroatoms. The summed E-state index contributed by atoms with van der Waals surface area (Å²) in [4.78, 5) is 13.5. The van der Waals surface area contributed by atoms with Crippen LogP contribution in [0.15, 0.2) is 6.07 Å². The van der Waals surface area contributed by atoms with Crippen molar-refractivity contribution in [3.8, 4) is 0 Å². The predicted molar refractivity (Wildman–Crippen MR) is 69.4 cm³/mol. The van der Waals surface area contributed by atoms with E-state index in [9.17, 15) is 13.2 Å². The van der Waals surface area contributed by atoms with Crippen molar-refractivity contribution in [1.82, 2.24) is 14.7 Å². The topological polar surface area (TPSA) is 98.3 Å². The van der Waals surface area contributed by atoms with Crippen molar-refractivity contribution >= 4 is 15.9 Å². The molecule has 1 atom stereocenters. The molecule has 7 nitrogen and oxygen atoms in total. The molecule has 106 valence electrons. The van der Waals surface area contributed by atoms with Gasteiger partial charge in [0.25, 0.3) is 0 Å². The van der Waals surface area contributed by atoms with Crippen LogP contribution in [0.2, 0.25) is 0 Å². The van der Waals surface area contributed by atoms with E-state index in [0.717, 1.165) is 11.4 Å². The zero-order valence-electron chi connectivity index (χ0n) is 11.0. The van der Waals surface area contributed by atoms with Crippen LogP contribution >= 0.6 is 0 Å². The highest BCUT2D eigenvalue weighted by atomic mass is 32.2. The Morgan fingerprint density at radius 2 is 2.21 bits per heavy atom. The van der Waals surface area contributed by atoms with E-state index in [1.165, 1.54) is 0 Å². The number of sulfonamides is 1. The molecule has 0 spiro atoms. The molecule has 0 radical (unpaired) electrons. The van der Waals surface area contributed by atoms with E-state index in [1.807, 2.05) is 20.0 Å². The number of amides is 1. The molecular formula is C11H18N4O3S. The number of aromatic nitrogens is 2. The molecule has 0 aromatic carbocycles. The van der Waals surface area contributed by atoms with Gasteiger partial charge in [-0.2, -0.15) is 5.10 Å². The standard InChI is InChI=1S/C11H18N4O3S/c1-8-3-10(14(2)13-8)6-15-5-9(4-11(15)16)7-19(12,17)18/h3,9H,4-7H2,1-2H3,(H2,12,17,18). The Morgan fingerprint density at radius 3 is 2.74 bits per heavy atom. The minimum atomic E-state index is -3.53. The summed E-state index contributed by atoms with van der Waals surface area (Å²) in [5, 5.41) is 9.23. The van der Waals surface area contributed by atoms with Gasteiger partial charge >= 0.3 is 0 Å². The molecule has 1 aromatic rings. The van der Waals surface area contributed by atoms with E-state index in [1.54, 1.807) is 9.58 Å². The summed E-state index contributed by atoms with van der Waals surface area (Å²) in [5.41, 5.74) is 1.83. The maximum atomic E-state index is 11.9. The lowest BCUT2D eigenvalue weighted by molar-refractivity contribution is -0.128. The third-order valence-electron chi connectivity index (χ3n) is 3.21. The van der Waals surface area contributed by atoms with Crippen molar-refractivity contribution in [2.24, 2.45) is 18.1 Å². The van der Waals surface area contributed by atoms with Crippen LogP contribution in [-0.2, 0) is 28.4 Å². The molecule has 1 saturated heterocycles. The third-order valence-corrected chi connectivity index (χ3v) is 4.15. The number of likely N-dealkylation sites (tertiary alicyclic amines) is 1. The first-order chi connectivity index (χ1) is 8.74. The second-order valence-electron chi connectivity index (χ2n) is 5.07. The van der Waals surface area contributed by atoms with Gasteiger partial charge in [-0.25, -0.2) is 13.6 Å². The summed E-state index contributed by atoms with van der Waals surface area (Å²) in [7, 11) is -1.70. The summed E-state index contributed by atoms with van der Waals surface area (Å²) in [6.45, 7) is 2.77. The fraction of sp³-hybridized carbons (Fsp3) is 0.636. The maximum Gasteiger partial charge on any atom is 0.223 e. The molecule has 0 bridgehead atoms. The molecular weight excluding hydrogens is 268 g/mol. The first-order valence-corrected chi connectivity index (χ1v) is 7.74. The van der Waals surface area contributed by atoms with Crippen molar-refractivity contribution in [3.05, 3.63) is 17.5 Å². The van der Waals surface area contributed by atoms with E-state index in [0.29, 0.717) is 13.1 Å². The van der Waals surface area contributed by atoms with E-state index >= 15 is 0 Å². The summed E-state index contributed by atoms with van der Waals surface area (Å²) >= 11 is 0. The van der Waals surface area contributed by atoms with E-state index in [2.05, 4.69) is 5.10 Å². The highest BCUT2D eigenvalue weighted by Crippen LogP contribution is 2.21. The minimum Gasteiger partial charge on any atom is -0.336 e. The molecule has 19 heavy (non-hydrogen) atoms. The fourth-order valence-electron chi connectivity index (χ4n) is 2.45. The molecule has 0 aliphatic carbocycles. The number of carbonyl (C=O) groups is 1. The zero-order valence-corrected chi connectivity index (χ0v) is 11.9. The van der Waals surface area contributed by atoms with Gasteiger partial charge in [0.15, 0.2) is 0 Å². The Morgan fingerprint density at radius 1 is 1.53 bits per heavy atom. The van der Waals surface area contributed by atoms with Gasteiger partial charge in [0, 0.05) is 25.9 Å². The average molecular weight is 286 g/mol. The van der Waals surface area contributed by atoms with E-state index in [-0.39, 0.29) is 24.0 Å². The van der Waals surface area contributed by atoms with E-state index in [4.69, 9.17) is 5.14 Å². The SMILES string of the molecule is Cc1cc(CN2CC(CS(N)(=O)=O)CC2=O)n(C)n1. The third kappa shape index (κ3) is 3.54. The van der Waals surface area contributed by atoms with Crippen molar-refractivity contribution in [2.75, 3.05) is 12.3 Å². The van der Waals surface area contributed by atoms with Gasteiger partial charge in [0.2, 0.25) is 15.9 Å². The van der Waals surface area contributed by atoms with Crippen LogP contribution in [0.1, 0.15) is 17.8 Å². The van der Waals surface area contributed by atoms with Crippen LogP contribution in [0.3, 0.4) is 0 Å². The summed E-state index contributed by atoms with van der Waals surface area (Å²) in [6.07, 6.45) is 0.243. The first-order valence-electron chi connectivity index (χ1n) is 6.02. The van der Waals surface area contributed by atoms with Crippen molar-refractivity contribution in [3.63, 3.8) is 0 Å². The Labute approximate surface area is 112 Å². The van der Waals surface area contributed by atoms with Crippen LogP contribution in [-0.4, -0.2) is 41.3 Å². The molecule has 1 fully saturated rings. The molecule has 2 rings (SSSR count). The van der Waals surface area contributed by atoms with Crippen LogP contribution in [0.25, 0.3) is 0 Å². The second kappa shape index (κ2) is 4.93. The monoisotopic (exact) mass is 286 g/mol. The van der Waals surface area contributed by atoms with E-state index < -0.39 is 10.0 Å². The van der Waals surface area contributed by atoms with Gasteiger partial charge in [-0.15, -0.1) is 0 Å². The van der Waals surface area contributed by atoms with Gasteiger partial charge in [0.05, 0.1) is 23.7 Å². The van der Waals surface area contributed by atoms with Gasteiger partial charge in [-0.05, 0) is 13.0 Å². The minimum absolute atomic E-state index is 0.0347. The van der Waals surface area contributed by atoms with Crippen molar-refractivity contribution in [1.29, 1.82) is 0 Å². The number of hydrogen-bond donors (Lipinski definition) is 1. The predicted octanol–water partition coefficient (Wildman–Crippen LogP) is -0.634. The Bertz CT molecular complexity index is 593. The number of rotatable bonds is 4.